The number of aryl methyl sites for hydroxylation is 2. The zero-order chi connectivity index (χ0) is 20.5. The van der Waals surface area contributed by atoms with Crippen LogP contribution in [0.5, 0.6) is 0 Å². The van der Waals surface area contributed by atoms with E-state index in [0.29, 0.717) is 63.6 Å². The lowest BCUT2D eigenvalue weighted by molar-refractivity contribution is -0.140. The lowest BCUT2D eigenvalue weighted by atomic mass is 10.0. The molecule has 28 heavy (non-hydrogen) atoms. The number of carbonyl (C=O) groups is 1. The number of aromatic nitrogens is 2. The zero-order valence-electron chi connectivity index (χ0n) is 17.1. The van der Waals surface area contributed by atoms with Crippen LogP contribution in [-0.4, -0.2) is 86.4 Å². The van der Waals surface area contributed by atoms with Crippen molar-refractivity contribution in [3.8, 4) is 0 Å². The maximum atomic E-state index is 13.0. The van der Waals surface area contributed by atoms with E-state index in [-0.39, 0.29) is 22.8 Å². The summed E-state index contributed by atoms with van der Waals surface area (Å²) in [5.74, 6) is 0.0390. The van der Waals surface area contributed by atoms with Crippen LogP contribution in [0.4, 0.5) is 0 Å². The van der Waals surface area contributed by atoms with Gasteiger partial charge in [0, 0.05) is 39.3 Å². The van der Waals surface area contributed by atoms with E-state index in [2.05, 4.69) is 9.82 Å². The summed E-state index contributed by atoms with van der Waals surface area (Å²) in [5.41, 5.74) is 1.11. The summed E-state index contributed by atoms with van der Waals surface area (Å²) in [7, 11) is 0.00588. The number of rotatable bonds is 4. The van der Waals surface area contributed by atoms with Gasteiger partial charge in [0.05, 0.1) is 30.5 Å². The van der Waals surface area contributed by atoms with Gasteiger partial charge in [-0.05, 0) is 33.7 Å². The maximum absolute atomic E-state index is 13.0. The Balaban J connectivity index is 1.68. The van der Waals surface area contributed by atoms with Crippen molar-refractivity contribution in [2.24, 2.45) is 13.0 Å². The van der Waals surface area contributed by atoms with Gasteiger partial charge in [0.2, 0.25) is 15.9 Å². The molecule has 10 heteroatoms. The quantitative estimate of drug-likeness (QED) is 0.740. The predicted octanol–water partition coefficient (Wildman–Crippen LogP) is -0.116. The Labute approximate surface area is 167 Å². The number of nitrogens with zero attached hydrogens (tertiary/aromatic N) is 4. The number of amides is 1. The molecule has 9 nitrogen and oxygen atoms in total. The molecule has 0 aliphatic carbocycles. The van der Waals surface area contributed by atoms with Crippen LogP contribution < -0.4 is 4.72 Å². The molecule has 2 saturated heterocycles. The zero-order valence-corrected chi connectivity index (χ0v) is 18.0. The summed E-state index contributed by atoms with van der Waals surface area (Å²) in [6, 6.07) is -0.239. The highest BCUT2D eigenvalue weighted by atomic mass is 32.2. The molecule has 0 bridgehead atoms. The number of ether oxygens (including phenoxy) is 1. The van der Waals surface area contributed by atoms with Crippen LogP contribution in [0.2, 0.25) is 0 Å². The largest absolute Gasteiger partial charge is 0.378 e. The van der Waals surface area contributed by atoms with Gasteiger partial charge in [0.15, 0.2) is 0 Å². The third kappa shape index (κ3) is 4.56. The Hall–Kier alpha value is -1.49. The second-order valence-electron chi connectivity index (χ2n) is 7.87. The fourth-order valence-electron chi connectivity index (χ4n) is 4.17. The molecule has 0 aromatic carbocycles. The van der Waals surface area contributed by atoms with Crippen molar-refractivity contribution < 1.29 is 17.9 Å². The Morgan fingerprint density at radius 3 is 2.43 bits per heavy atom. The van der Waals surface area contributed by atoms with Gasteiger partial charge in [0.25, 0.3) is 0 Å². The SMILES string of the molecule is Cc1nn(C)c(C)c1S(=O)(=O)N[C@H]1CC[C@@H](C(=O)N2CCOCC2)CN(C)C1. The van der Waals surface area contributed by atoms with Crippen molar-refractivity contribution in [3.05, 3.63) is 11.4 Å². The van der Waals surface area contributed by atoms with E-state index in [4.69, 9.17) is 4.74 Å². The molecule has 2 aliphatic heterocycles. The van der Waals surface area contributed by atoms with Gasteiger partial charge in [-0.1, -0.05) is 0 Å². The third-order valence-corrected chi connectivity index (χ3v) is 7.40. The van der Waals surface area contributed by atoms with E-state index in [0.717, 1.165) is 0 Å². The normalized spacial score (nSPS) is 24.9. The van der Waals surface area contributed by atoms with Gasteiger partial charge in [-0.2, -0.15) is 5.10 Å². The van der Waals surface area contributed by atoms with E-state index in [9.17, 15) is 13.2 Å². The molecule has 158 valence electrons. The topological polar surface area (TPSA) is 96.8 Å². The molecule has 0 radical (unpaired) electrons. The van der Waals surface area contributed by atoms with E-state index < -0.39 is 10.0 Å². The van der Waals surface area contributed by atoms with Crippen molar-refractivity contribution in [2.45, 2.75) is 37.6 Å². The Morgan fingerprint density at radius 2 is 1.82 bits per heavy atom. The molecule has 1 aromatic rings. The van der Waals surface area contributed by atoms with Gasteiger partial charge in [-0.25, -0.2) is 13.1 Å². The van der Waals surface area contributed by atoms with Crippen LogP contribution in [0.1, 0.15) is 24.2 Å². The van der Waals surface area contributed by atoms with Crippen molar-refractivity contribution in [2.75, 3.05) is 46.4 Å². The van der Waals surface area contributed by atoms with E-state index in [1.807, 2.05) is 16.8 Å². The average molecular weight is 414 g/mol. The minimum atomic E-state index is -3.67. The van der Waals surface area contributed by atoms with Gasteiger partial charge < -0.3 is 14.5 Å². The third-order valence-electron chi connectivity index (χ3n) is 5.63. The molecule has 2 aliphatic rings. The average Bonchev–Trinajstić information content (AvgIpc) is 2.78. The smallest absolute Gasteiger partial charge is 0.244 e. The predicted molar refractivity (Wildman–Crippen MR) is 104 cm³/mol. The van der Waals surface area contributed by atoms with E-state index in [1.54, 1.807) is 25.6 Å². The first-order valence-corrected chi connectivity index (χ1v) is 11.2. The van der Waals surface area contributed by atoms with E-state index >= 15 is 0 Å². The molecule has 3 rings (SSSR count). The lowest BCUT2D eigenvalue weighted by Crippen LogP contribution is -2.46. The highest BCUT2D eigenvalue weighted by Gasteiger charge is 2.33. The molecular formula is C18H31N5O4S. The molecule has 1 N–H and O–H groups in total. The number of morpholine rings is 1. The van der Waals surface area contributed by atoms with Crippen molar-refractivity contribution in [1.29, 1.82) is 0 Å². The second kappa shape index (κ2) is 8.48. The van der Waals surface area contributed by atoms with Gasteiger partial charge >= 0.3 is 0 Å². The number of nitrogens with one attached hydrogen (secondary N) is 1. The highest BCUT2D eigenvalue weighted by molar-refractivity contribution is 7.89. The molecule has 1 amide bonds. The first-order valence-electron chi connectivity index (χ1n) is 9.76. The first-order chi connectivity index (χ1) is 13.2. The van der Waals surface area contributed by atoms with Crippen LogP contribution in [0.15, 0.2) is 4.90 Å². The van der Waals surface area contributed by atoms with Gasteiger partial charge in [-0.15, -0.1) is 0 Å². The standard InChI is InChI=1S/C18H31N5O4S/c1-13-17(14(2)22(4)19-13)28(25,26)20-16-6-5-15(11-21(3)12-16)18(24)23-7-9-27-10-8-23/h15-16,20H,5-12H2,1-4H3/t15-,16+/m1/s1. The minimum absolute atomic E-state index is 0.112. The van der Waals surface area contributed by atoms with Gasteiger partial charge in [0.1, 0.15) is 4.90 Å². The molecule has 0 unspecified atom stereocenters. The number of hydrogen-bond donors (Lipinski definition) is 1. The number of likely N-dealkylation sites (tertiary alicyclic amines) is 1. The molecule has 0 saturated carbocycles. The second-order valence-corrected chi connectivity index (χ2v) is 9.53. The first kappa shape index (κ1) is 21.2. The van der Waals surface area contributed by atoms with Crippen LogP contribution >= 0.6 is 0 Å². The molecule has 0 spiro atoms. The van der Waals surface area contributed by atoms with Crippen molar-refractivity contribution >= 4 is 15.9 Å². The summed E-state index contributed by atoms with van der Waals surface area (Å²) < 4.78 is 35.7. The molecular weight excluding hydrogens is 382 g/mol. The fraction of sp³-hybridized carbons (Fsp3) is 0.778. The molecule has 2 atom stereocenters. The van der Waals surface area contributed by atoms with Crippen LogP contribution in [0.3, 0.4) is 0 Å². The number of hydrogen-bond acceptors (Lipinski definition) is 6. The highest BCUT2D eigenvalue weighted by Crippen LogP contribution is 2.23. The summed E-state index contributed by atoms with van der Waals surface area (Å²) in [4.78, 5) is 17.0. The minimum Gasteiger partial charge on any atom is -0.378 e. The maximum Gasteiger partial charge on any atom is 0.244 e. The fourth-order valence-corrected chi connectivity index (χ4v) is 5.87. The van der Waals surface area contributed by atoms with Crippen molar-refractivity contribution in [1.82, 2.24) is 24.3 Å². The summed E-state index contributed by atoms with van der Waals surface area (Å²) in [6.07, 6.45) is 1.29. The van der Waals surface area contributed by atoms with Crippen LogP contribution in [0, 0.1) is 19.8 Å². The Morgan fingerprint density at radius 1 is 1.14 bits per heavy atom. The summed E-state index contributed by atoms with van der Waals surface area (Å²) in [6.45, 7) is 7.11. The number of carbonyl (C=O) groups excluding carboxylic acids is 1. The van der Waals surface area contributed by atoms with Crippen LogP contribution in [-0.2, 0) is 26.6 Å². The monoisotopic (exact) mass is 413 g/mol. The Kier molecular flexibility index (Phi) is 6.43. The molecule has 1 aromatic heterocycles. The van der Waals surface area contributed by atoms with Crippen molar-refractivity contribution in [3.63, 3.8) is 0 Å². The lowest BCUT2D eigenvalue weighted by Gasteiger charge is -2.31. The summed E-state index contributed by atoms with van der Waals surface area (Å²) in [5, 5.41) is 4.22. The molecule has 3 heterocycles. The number of sulfonamides is 1. The Bertz CT molecular complexity index is 816. The van der Waals surface area contributed by atoms with Crippen LogP contribution in [0.25, 0.3) is 0 Å². The van der Waals surface area contributed by atoms with Gasteiger partial charge in [-0.3, -0.25) is 9.48 Å². The number of likely N-dealkylation sites (N-methyl/N-ethyl adjacent to an activating group) is 1. The van der Waals surface area contributed by atoms with E-state index in [1.165, 1.54) is 0 Å². The summed E-state index contributed by atoms with van der Waals surface area (Å²) >= 11 is 0. The molecule has 2 fully saturated rings.